The van der Waals surface area contributed by atoms with Crippen molar-refractivity contribution in [3.05, 3.63) is 35.9 Å². The standard InChI is InChI=1S/C11H16N2O2/c1-12-7-8-13(11(14)15)9-10-5-3-2-4-6-10/h2-6,12H,7-9H2,1H3,(H,14,15). The minimum atomic E-state index is -0.880. The first-order chi connectivity index (χ1) is 7.24. The van der Waals surface area contributed by atoms with E-state index in [9.17, 15) is 4.79 Å². The van der Waals surface area contributed by atoms with Crippen molar-refractivity contribution in [2.24, 2.45) is 0 Å². The maximum atomic E-state index is 10.9. The van der Waals surface area contributed by atoms with Crippen molar-refractivity contribution < 1.29 is 9.90 Å². The molecule has 0 fully saturated rings. The second kappa shape index (κ2) is 6.03. The maximum absolute atomic E-state index is 10.9. The molecule has 0 spiro atoms. The van der Waals surface area contributed by atoms with Crippen LogP contribution in [0.2, 0.25) is 0 Å². The van der Waals surface area contributed by atoms with Crippen LogP contribution in [0.4, 0.5) is 4.79 Å². The quantitative estimate of drug-likeness (QED) is 0.768. The van der Waals surface area contributed by atoms with Gasteiger partial charge >= 0.3 is 6.09 Å². The van der Waals surface area contributed by atoms with Crippen molar-refractivity contribution in [1.82, 2.24) is 10.2 Å². The molecule has 0 saturated heterocycles. The first-order valence-electron chi connectivity index (χ1n) is 4.90. The van der Waals surface area contributed by atoms with Gasteiger partial charge in [0.25, 0.3) is 0 Å². The molecule has 4 heteroatoms. The summed E-state index contributed by atoms with van der Waals surface area (Å²) in [6.07, 6.45) is -0.880. The van der Waals surface area contributed by atoms with Gasteiger partial charge in [-0.05, 0) is 12.6 Å². The van der Waals surface area contributed by atoms with Crippen molar-refractivity contribution in [1.29, 1.82) is 0 Å². The Balaban J connectivity index is 2.55. The van der Waals surface area contributed by atoms with Crippen molar-refractivity contribution in [3.8, 4) is 0 Å². The van der Waals surface area contributed by atoms with Crippen LogP contribution < -0.4 is 5.32 Å². The van der Waals surface area contributed by atoms with Gasteiger partial charge in [-0.2, -0.15) is 0 Å². The molecule has 0 aliphatic carbocycles. The number of carbonyl (C=O) groups is 1. The van der Waals surface area contributed by atoms with E-state index in [1.54, 1.807) is 0 Å². The summed E-state index contributed by atoms with van der Waals surface area (Å²) in [4.78, 5) is 12.3. The molecular weight excluding hydrogens is 192 g/mol. The van der Waals surface area contributed by atoms with Crippen LogP contribution >= 0.6 is 0 Å². The molecule has 1 aromatic rings. The van der Waals surface area contributed by atoms with Crippen LogP contribution in [0.3, 0.4) is 0 Å². The summed E-state index contributed by atoms with van der Waals surface area (Å²) in [5.74, 6) is 0. The summed E-state index contributed by atoms with van der Waals surface area (Å²) in [6.45, 7) is 1.61. The smallest absolute Gasteiger partial charge is 0.407 e. The third-order valence-electron chi connectivity index (χ3n) is 2.12. The van der Waals surface area contributed by atoms with Gasteiger partial charge in [-0.15, -0.1) is 0 Å². The Morgan fingerprint density at radius 2 is 2.07 bits per heavy atom. The summed E-state index contributed by atoms with van der Waals surface area (Å²) in [7, 11) is 1.81. The monoisotopic (exact) mass is 208 g/mol. The van der Waals surface area contributed by atoms with Gasteiger partial charge in [-0.25, -0.2) is 4.79 Å². The maximum Gasteiger partial charge on any atom is 0.407 e. The molecule has 1 rings (SSSR count). The lowest BCUT2D eigenvalue weighted by Crippen LogP contribution is -2.34. The summed E-state index contributed by atoms with van der Waals surface area (Å²) in [5.41, 5.74) is 1.01. The Bertz CT molecular complexity index is 301. The average molecular weight is 208 g/mol. The first-order valence-corrected chi connectivity index (χ1v) is 4.90. The molecule has 0 bridgehead atoms. The van der Waals surface area contributed by atoms with E-state index in [-0.39, 0.29) is 0 Å². The average Bonchev–Trinajstić information content (AvgIpc) is 2.25. The fourth-order valence-corrected chi connectivity index (χ4v) is 1.29. The van der Waals surface area contributed by atoms with Crippen LogP contribution in [-0.4, -0.2) is 36.2 Å². The Hall–Kier alpha value is -1.55. The number of likely N-dealkylation sites (N-methyl/N-ethyl adjacent to an activating group) is 1. The molecule has 0 unspecified atom stereocenters. The minimum Gasteiger partial charge on any atom is -0.465 e. The van der Waals surface area contributed by atoms with E-state index in [1.165, 1.54) is 4.90 Å². The molecule has 1 aromatic carbocycles. The van der Waals surface area contributed by atoms with Gasteiger partial charge in [-0.3, -0.25) is 0 Å². The molecular formula is C11H16N2O2. The van der Waals surface area contributed by atoms with Gasteiger partial charge in [0.2, 0.25) is 0 Å². The van der Waals surface area contributed by atoms with E-state index in [0.29, 0.717) is 19.6 Å². The molecule has 4 nitrogen and oxygen atoms in total. The second-order valence-corrected chi connectivity index (χ2v) is 3.29. The van der Waals surface area contributed by atoms with E-state index < -0.39 is 6.09 Å². The lowest BCUT2D eigenvalue weighted by Gasteiger charge is -2.18. The number of hydrogen-bond acceptors (Lipinski definition) is 2. The Kier molecular flexibility index (Phi) is 4.63. The van der Waals surface area contributed by atoms with Crippen molar-refractivity contribution in [3.63, 3.8) is 0 Å². The molecule has 0 aromatic heterocycles. The Morgan fingerprint density at radius 3 is 2.60 bits per heavy atom. The van der Waals surface area contributed by atoms with E-state index in [2.05, 4.69) is 5.32 Å². The van der Waals surface area contributed by atoms with Gasteiger partial charge in [0, 0.05) is 19.6 Å². The van der Waals surface area contributed by atoms with E-state index in [1.807, 2.05) is 37.4 Å². The third kappa shape index (κ3) is 3.99. The van der Waals surface area contributed by atoms with Crippen LogP contribution in [0.15, 0.2) is 30.3 Å². The topological polar surface area (TPSA) is 52.6 Å². The lowest BCUT2D eigenvalue weighted by atomic mass is 10.2. The highest BCUT2D eigenvalue weighted by atomic mass is 16.4. The molecule has 0 heterocycles. The number of benzene rings is 1. The normalized spacial score (nSPS) is 9.93. The van der Waals surface area contributed by atoms with Gasteiger partial charge in [0.15, 0.2) is 0 Å². The SMILES string of the molecule is CNCCN(Cc1ccccc1)C(=O)O. The van der Waals surface area contributed by atoms with Gasteiger partial charge in [0.05, 0.1) is 0 Å². The van der Waals surface area contributed by atoms with Crippen molar-refractivity contribution in [2.45, 2.75) is 6.54 Å². The van der Waals surface area contributed by atoms with E-state index in [4.69, 9.17) is 5.11 Å². The Morgan fingerprint density at radius 1 is 1.40 bits per heavy atom. The summed E-state index contributed by atoms with van der Waals surface area (Å²) in [6, 6.07) is 9.59. The summed E-state index contributed by atoms with van der Waals surface area (Å²) in [5, 5.41) is 11.9. The summed E-state index contributed by atoms with van der Waals surface area (Å²) < 4.78 is 0. The van der Waals surface area contributed by atoms with Crippen molar-refractivity contribution in [2.75, 3.05) is 20.1 Å². The molecule has 0 atom stereocenters. The van der Waals surface area contributed by atoms with Crippen molar-refractivity contribution >= 4 is 6.09 Å². The van der Waals surface area contributed by atoms with E-state index >= 15 is 0 Å². The molecule has 82 valence electrons. The highest BCUT2D eigenvalue weighted by Gasteiger charge is 2.10. The number of amides is 1. The number of rotatable bonds is 5. The van der Waals surface area contributed by atoms with Crippen LogP contribution in [0.5, 0.6) is 0 Å². The van der Waals surface area contributed by atoms with Gasteiger partial charge < -0.3 is 15.3 Å². The van der Waals surface area contributed by atoms with Crippen LogP contribution in [0.1, 0.15) is 5.56 Å². The Labute approximate surface area is 89.5 Å². The van der Waals surface area contributed by atoms with Crippen LogP contribution in [0, 0.1) is 0 Å². The minimum absolute atomic E-state index is 0.442. The van der Waals surface area contributed by atoms with Crippen LogP contribution in [0.25, 0.3) is 0 Å². The lowest BCUT2D eigenvalue weighted by molar-refractivity contribution is 0.143. The highest BCUT2D eigenvalue weighted by Crippen LogP contribution is 2.03. The predicted octanol–water partition coefficient (Wildman–Crippen LogP) is 1.39. The molecule has 15 heavy (non-hydrogen) atoms. The number of nitrogens with zero attached hydrogens (tertiary/aromatic N) is 1. The van der Waals surface area contributed by atoms with Gasteiger partial charge in [0.1, 0.15) is 0 Å². The molecule has 0 aliphatic heterocycles. The molecule has 0 radical (unpaired) electrons. The molecule has 0 saturated carbocycles. The molecule has 0 aliphatic rings. The zero-order valence-corrected chi connectivity index (χ0v) is 8.81. The first kappa shape index (κ1) is 11.5. The van der Waals surface area contributed by atoms with Crippen LogP contribution in [-0.2, 0) is 6.54 Å². The number of hydrogen-bond donors (Lipinski definition) is 2. The fraction of sp³-hybridized carbons (Fsp3) is 0.364. The third-order valence-corrected chi connectivity index (χ3v) is 2.12. The fourth-order valence-electron chi connectivity index (χ4n) is 1.29. The number of carboxylic acid groups (broad SMARTS) is 1. The molecule has 1 amide bonds. The second-order valence-electron chi connectivity index (χ2n) is 3.29. The zero-order chi connectivity index (χ0) is 11.1. The van der Waals surface area contributed by atoms with Gasteiger partial charge in [-0.1, -0.05) is 30.3 Å². The highest BCUT2D eigenvalue weighted by molar-refractivity contribution is 5.65. The zero-order valence-electron chi connectivity index (χ0n) is 8.81. The predicted molar refractivity (Wildman–Crippen MR) is 58.8 cm³/mol. The van der Waals surface area contributed by atoms with E-state index in [0.717, 1.165) is 5.56 Å². The molecule has 2 N–H and O–H groups in total. The number of nitrogens with one attached hydrogen (secondary N) is 1. The summed E-state index contributed by atoms with van der Waals surface area (Å²) >= 11 is 0. The largest absolute Gasteiger partial charge is 0.465 e.